The molecule has 5 heteroatoms. The second-order valence-corrected chi connectivity index (χ2v) is 2.90. The molecule has 0 unspecified atom stereocenters. The normalized spacial score (nSPS) is 10.1. The number of aromatic nitrogens is 2. The molecule has 1 aromatic heterocycles. The minimum absolute atomic E-state index is 0.105. The molecule has 0 aliphatic carbocycles. The first-order valence-electron chi connectivity index (χ1n) is 4.67. The Kier molecular flexibility index (Phi) is 3.50. The highest BCUT2D eigenvalue weighted by molar-refractivity contribution is 5.90. The van der Waals surface area contributed by atoms with Gasteiger partial charge in [0.15, 0.2) is 0 Å². The molecule has 0 atom stereocenters. The summed E-state index contributed by atoms with van der Waals surface area (Å²) in [5, 5.41) is 5.06. The van der Waals surface area contributed by atoms with E-state index in [-0.39, 0.29) is 12.2 Å². The van der Waals surface area contributed by atoms with Crippen LogP contribution in [0.25, 0.3) is 0 Å². The maximum atomic E-state index is 11.4. The van der Waals surface area contributed by atoms with Gasteiger partial charge in [0.2, 0.25) is 0 Å². The number of carbonyl (C=O) groups excluding carboxylic acids is 1. The zero-order valence-corrected chi connectivity index (χ0v) is 8.35. The lowest BCUT2D eigenvalue weighted by Gasteiger charge is -2.00. The summed E-state index contributed by atoms with van der Waals surface area (Å²) in [6.07, 6.45) is 1.52. The Morgan fingerprint density at radius 3 is 2.64 bits per heavy atom. The summed E-state index contributed by atoms with van der Waals surface area (Å²) in [5.41, 5.74) is 0.316. The average Bonchev–Trinajstić information content (AvgIpc) is 2.48. The molecule has 14 heavy (non-hydrogen) atoms. The van der Waals surface area contributed by atoms with E-state index in [0.717, 1.165) is 6.42 Å². The first-order valence-corrected chi connectivity index (χ1v) is 4.67. The lowest BCUT2D eigenvalue weighted by molar-refractivity contribution is 0.0523. The number of aryl methyl sites for hydroxylation is 1. The van der Waals surface area contributed by atoms with Crippen molar-refractivity contribution in [3.63, 3.8) is 0 Å². The third-order valence-corrected chi connectivity index (χ3v) is 1.84. The van der Waals surface area contributed by atoms with Gasteiger partial charge in [-0.2, -0.15) is 0 Å². The number of aromatic amines is 2. The molecule has 5 nitrogen and oxygen atoms in total. The van der Waals surface area contributed by atoms with Crippen LogP contribution in [0.3, 0.4) is 0 Å². The molecule has 0 bridgehead atoms. The average molecular weight is 198 g/mol. The van der Waals surface area contributed by atoms with Gasteiger partial charge in [-0.1, -0.05) is 13.3 Å². The van der Waals surface area contributed by atoms with Gasteiger partial charge in [-0.05, 0) is 13.3 Å². The summed E-state index contributed by atoms with van der Waals surface area (Å²) < 4.78 is 4.78. The van der Waals surface area contributed by atoms with Crippen molar-refractivity contribution in [2.45, 2.75) is 26.7 Å². The summed E-state index contributed by atoms with van der Waals surface area (Å²) in [6.45, 7) is 3.95. The number of hydrogen-bond acceptors (Lipinski definition) is 3. The van der Waals surface area contributed by atoms with Crippen LogP contribution >= 0.6 is 0 Å². The fourth-order valence-corrected chi connectivity index (χ4v) is 1.25. The highest BCUT2D eigenvalue weighted by Crippen LogP contribution is 2.04. The van der Waals surface area contributed by atoms with E-state index < -0.39 is 11.5 Å². The Morgan fingerprint density at radius 1 is 1.36 bits per heavy atom. The third kappa shape index (κ3) is 2.04. The highest BCUT2D eigenvalue weighted by Gasteiger charge is 2.18. The molecule has 0 aromatic carbocycles. The first-order chi connectivity index (χ1) is 6.70. The van der Waals surface area contributed by atoms with Crippen molar-refractivity contribution in [1.29, 1.82) is 0 Å². The number of rotatable bonds is 4. The van der Waals surface area contributed by atoms with E-state index in [1.165, 1.54) is 0 Å². The molecule has 0 fully saturated rings. The third-order valence-electron chi connectivity index (χ3n) is 1.84. The number of hydrogen-bond donors (Lipinski definition) is 2. The van der Waals surface area contributed by atoms with Gasteiger partial charge in [0, 0.05) is 0 Å². The van der Waals surface area contributed by atoms with Gasteiger partial charge in [-0.15, -0.1) is 0 Å². The smallest absolute Gasteiger partial charge is 0.345 e. The summed E-state index contributed by atoms with van der Waals surface area (Å²) in [6, 6.07) is 0. The van der Waals surface area contributed by atoms with Crippen LogP contribution in [0.1, 0.15) is 36.3 Å². The second kappa shape index (κ2) is 4.64. The van der Waals surface area contributed by atoms with Gasteiger partial charge in [0.25, 0.3) is 5.56 Å². The quantitative estimate of drug-likeness (QED) is 0.704. The molecular weight excluding hydrogens is 184 g/mol. The monoisotopic (exact) mass is 198 g/mol. The minimum Gasteiger partial charge on any atom is -0.462 e. The zero-order valence-electron chi connectivity index (χ0n) is 8.35. The van der Waals surface area contributed by atoms with Crippen molar-refractivity contribution in [2.75, 3.05) is 6.61 Å². The summed E-state index contributed by atoms with van der Waals surface area (Å²) in [5.74, 6) is -0.557. The van der Waals surface area contributed by atoms with Crippen LogP contribution in [-0.2, 0) is 11.2 Å². The number of carbonyl (C=O) groups is 1. The Balaban J connectivity index is 2.98. The van der Waals surface area contributed by atoms with Crippen molar-refractivity contribution in [1.82, 2.24) is 10.2 Å². The zero-order chi connectivity index (χ0) is 10.6. The fourth-order valence-electron chi connectivity index (χ4n) is 1.25. The van der Waals surface area contributed by atoms with Gasteiger partial charge >= 0.3 is 5.97 Å². The lowest BCUT2D eigenvalue weighted by atomic mass is 10.1. The van der Waals surface area contributed by atoms with Crippen molar-refractivity contribution in [2.24, 2.45) is 0 Å². The van der Waals surface area contributed by atoms with Crippen LogP contribution < -0.4 is 5.56 Å². The van der Waals surface area contributed by atoms with E-state index >= 15 is 0 Å². The molecule has 1 heterocycles. The molecular formula is C9H14N2O3. The van der Waals surface area contributed by atoms with Crippen LogP contribution in [0, 0.1) is 0 Å². The predicted molar refractivity (Wildman–Crippen MR) is 51.4 cm³/mol. The Labute approximate surface area is 81.5 Å². The van der Waals surface area contributed by atoms with Crippen molar-refractivity contribution < 1.29 is 9.53 Å². The minimum atomic E-state index is -0.557. The molecule has 1 rings (SSSR count). The molecule has 78 valence electrons. The van der Waals surface area contributed by atoms with Crippen LogP contribution in [0.15, 0.2) is 4.79 Å². The number of esters is 1. The molecule has 0 saturated carbocycles. The van der Waals surface area contributed by atoms with E-state index in [0.29, 0.717) is 12.1 Å². The van der Waals surface area contributed by atoms with Gasteiger partial charge < -0.3 is 9.84 Å². The first kappa shape index (κ1) is 10.6. The maximum Gasteiger partial charge on any atom is 0.345 e. The topological polar surface area (TPSA) is 75.0 Å². The van der Waals surface area contributed by atoms with E-state index in [1.807, 2.05) is 6.92 Å². The van der Waals surface area contributed by atoms with E-state index in [4.69, 9.17) is 4.74 Å². The Bertz CT molecular complexity index is 364. The standard InChI is InChI=1S/C9H14N2O3/c1-3-5-6-7(8(12)11-10-6)9(13)14-4-2/h3-5H2,1-2H3,(H2,10,11,12). The molecule has 0 radical (unpaired) electrons. The van der Waals surface area contributed by atoms with Crippen LogP contribution in [0.5, 0.6) is 0 Å². The van der Waals surface area contributed by atoms with Crippen LogP contribution in [0.2, 0.25) is 0 Å². The maximum absolute atomic E-state index is 11.4. The highest BCUT2D eigenvalue weighted by atomic mass is 16.5. The van der Waals surface area contributed by atoms with Gasteiger partial charge in [0.05, 0.1) is 12.3 Å². The Hall–Kier alpha value is -1.52. The lowest BCUT2D eigenvalue weighted by Crippen LogP contribution is -2.16. The van der Waals surface area contributed by atoms with Crippen molar-refractivity contribution in [3.8, 4) is 0 Å². The SMILES string of the molecule is CCCc1[nH][nH]c(=O)c1C(=O)OCC. The molecule has 0 aliphatic rings. The van der Waals surface area contributed by atoms with E-state index in [9.17, 15) is 9.59 Å². The number of nitrogens with one attached hydrogen (secondary N) is 2. The molecule has 0 amide bonds. The number of H-pyrrole nitrogens is 2. The van der Waals surface area contributed by atoms with E-state index in [2.05, 4.69) is 10.2 Å². The predicted octanol–water partition coefficient (Wildman–Crippen LogP) is 0.832. The van der Waals surface area contributed by atoms with Gasteiger partial charge in [0.1, 0.15) is 5.56 Å². The van der Waals surface area contributed by atoms with Crippen molar-refractivity contribution >= 4 is 5.97 Å². The summed E-state index contributed by atoms with van der Waals surface area (Å²) >= 11 is 0. The molecule has 2 N–H and O–H groups in total. The molecule has 0 aliphatic heterocycles. The Morgan fingerprint density at radius 2 is 2.07 bits per heavy atom. The molecule has 0 saturated heterocycles. The van der Waals surface area contributed by atoms with Gasteiger partial charge in [-0.3, -0.25) is 9.89 Å². The van der Waals surface area contributed by atoms with Gasteiger partial charge in [-0.25, -0.2) is 4.79 Å². The largest absolute Gasteiger partial charge is 0.462 e. The van der Waals surface area contributed by atoms with E-state index in [1.54, 1.807) is 6.92 Å². The summed E-state index contributed by atoms with van der Waals surface area (Å²) in [4.78, 5) is 22.6. The van der Waals surface area contributed by atoms with Crippen LogP contribution in [-0.4, -0.2) is 22.8 Å². The number of ether oxygens (including phenoxy) is 1. The van der Waals surface area contributed by atoms with Crippen LogP contribution in [0.4, 0.5) is 0 Å². The molecule has 1 aromatic rings. The summed E-state index contributed by atoms with van der Waals surface area (Å²) in [7, 11) is 0. The second-order valence-electron chi connectivity index (χ2n) is 2.90. The fraction of sp³-hybridized carbons (Fsp3) is 0.556. The van der Waals surface area contributed by atoms with Crippen molar-refractivity contribution in [3.05, 3.63) is 21.6 Å². The molecule has 0 spiro atoms.